The number of para-hydroxylation sites is 1. The SMILES string of the molecule is c1ccc2c(-c3ccc4nc(OCCN5CCOCC5)nc(N5CCOCC5)c4c3)c[nH]c2c1. The van der Waals surface area contributed by atoms with Crippen LogP contribution in [0.5, 0.6) is 6.01 Å². The lowest BCUT2D eigenvalue weighted by atomic mass is 10.0. The number of nitrogens with one attached hydrogen (secondary N) is 1. The van der Waals surface area contributed by atoms with Crippen LogP contribution >= 0.6 is 0 Å². The summed E-state index contributed by atoms with van der Waals surface area (Å²) in [6, 6.07) is 15.2. The fourth-order valence-corrected chi connectivity index (χ4v) is 4.74. The molecule has 0 aliphatic carbocycles. The fraction of sp³-hybridized carbons (Fsp3) is 0.385. The summed E-state index contributed by atoms with van der Waals surface area (Å²) in [7, 11) is 0. The number of aromatic amines is 1. The number of benzene rings is 2. The quantitative estimate of drug-likeness (QED) is 0.474. The summed E-state index contributed by atoms with van der Waals surface area (Å²) in [5.41, 5.74) is 4.34. The molecule has 0 radical (unpaired) electrons. The van der Waals surface area contributed by atoms with E-state index < -0.39 is 0 Å². The van der Waals surface area contributed by atoms with Crippen molar-refractivity contribution in [3.8, 4) is 17.1 Å². The van der Waals surface area contributed by atoms with E-state index in [1.165, 1.54) is 10.9 Å². The van der Waals surface area contributed by atoms with Crippen LogP contribution in [0.25, 0.3) is 32.9 Å². The van der Waals surface area contributed by atoms with Crippen LogP contribution in [-0.2, 0) is 9.47 Å². The van der Waals surface area contributed by atoms with Gasteiger partial charge < -0.3 is 24.1 Å². The molecule has 1 N–H and O–H groups in total. The molecule has 0 atom stereocenters. The van der Waals surface area contributed by atoms with Gasteiger partial charge in [-0.3, -0.25) is 4.90 Å². The van der Waals surface area contributed by atoms with E-state index >= 15 is 0 Å². The highest BCUT2D eigenvalue weighted by Crippen LogP contribution is 2.34. The molecule has 8 heteroatoms. The molecule has 2 aliphatic rings. The molecule has 0 spiro atoms. The highest BCUT2D eigenvalue weighted by Gasteiger charge is 2.19. The maximum Gasteiger partial charge on any atom is 0.318 e. The molecule has 2 saturated heterocycles. The highest BCUT2D eigenvalue weighted by molar-refractivity contribution is 5.99. The van der Waals surface area contributed by atoms with Crippen LogP contribution in [0.2, 0.25) is 0 Å². The molecule has 2 aliphatic heterocycles. The predicted octanol–water partition coefficient (Wildman–Crippen LogP) is 3.33. The van der Waals surface area contributed by atoms with E-state index in [9.17, 15) is 0 Å². The Morgan fingerprint density at radius 3 is 2.53 bits per heavy atom. The molecule has 2 fully saturated rings. The summed E-state index contributed by atoms with van der Waals surface area (Å²) < 4.78 is 17.1. The standard InChI is InChI=1S/C26H29N5O3/c1-2-4-23-20(3-1)22(18-27-23)19-5-6-24-21(17-19)25(31-10-14-33-15-11-31)29-26(28-24)34-16-9-30-7-12-32-13-8-30/h1-6,17-18,27H,7-16H2. The second kappa shape index (κ2) is 9.58. The molecule has 176 valence electrons. The van der Waals surface area contributed by atoms with E-state index in [1.807, 2.05) is 6.07 Å². The Balaban J connectivity index is 1.33. The van der Waals surface area contributed by atoms with Gasteiger partial charge >= 0.3 is 6.01 Å². The number of fused-ring (bicyclic) bond motifs is 2. The van der Waals surface area contributed by atoms with Crippen molar-refractivity contribution in [2.75, 3.05) is 70.7 Å². The first-order chi connectivity index (χ1) is 16.8. The normalized spacial score (nSPS) is 17.5. The molecule has 2 aromatic heterocycles. The highest BCUT2D eigenvalue weighted by atomic mass is 16.5. The molecule has 0 amide bonds. The van der Waals surface area contributed by atoms with Crippen molar-refractivity contribution in [2.45, 2.75) is 0 Å². The Kier molecular flexibility index (Phi) is 6.01. The fourth-order valence-electron chi connectivity index (χ4n) is 4.74. The van der Waals surface area contributed by atoms with Crippen LogP contribution in [-0.4, -0.2) is 85.6 Å². The largest absolute Gasteiger partial charge is 0.462 e. The number of hydrogen-bond donors (Lipinski definition) is 1. The van der Waals surface area contributed by atoms with Gasteiger partial charge in [-0.25, -0.2) is 0 Å². The van der Waals surface area contributed by atoms with E-state index in [0.29, 0.717) is 25.8 Å². The maximum absolute atomic E-state index is 6.04. The van der Waals surface area contributed by atoms with Gasteiger partial charge in [0.25, 0.3) is 0 Å². The summed E-state index contributed by atoms with van der Waals surface area (Å²) in [4.78, 5) is 17.6. The van der Waals surface area contributed by atoms with Crippen LogP contribution < -0.4 is 9.64 Å². The minimum absolute atomic E-state index is 0.432. The number of hydrogen-bond acceptors (Lipinski definition) is 7. The van der Waals surface area contributed by atoms with Gasteiger partial charge in [-0.1, -0.05) is 24.3 Å². The van der Waals surface area contributed by atoms with Gasteiger partial charge in [0.2, 0.25) is 0 Å². The molecule has 2 aromatic carbocycles. The molecular weight excluding hydrogens is 430 g/mol. The zero-order valence-corrected chi connectivity index (χ0v) is 19.2. The van der Waals surface area contributed by atoms with Crippen LogP contribution in [0, 0.1) is 0 Å². The summed E-state index contributed by atoms with van der Waals surface area (Å²) in [5, 5.41) is 2.24. The molecule has 0 saturated carbocycles. The van der Waals surface area contributed by atoms with E-state index in [1.54, 1.807) is 0 Å². The second-order valence-corrected chi connectivity index (χ2v) is 8.71. The monoisotopic (exact) mass is 459 g/mol. The molecule has 34 heavy (non-hydrogen) atoms. The van der Waals surface area contributed by atoms with E-state index in [-0.39, 0.29) is 0 Å². The summed E-state index contributed by atoms with van der Waals surface area (Å²) in [6.07, 6.45) is 2.07. The Morgan fingerprint density at radius 1 is 0.882 bits per heavy atom. The predicted molar refractivity (Wildman–Crippen MR) is 133 cm³/mol. The third-order valence-corrected chi connectivity index (χ3v) is 6.61. The zero-order chi connectivity index (χ0) is 22.7. The van der Waals surface area contributed by atoms with Crippen molar-refractivity contribution in [3.05, 3.63) is 48.7 Å². The van der Waals surface area contributed by atoms with Crippen molar-refractivity contribution in [3.63, 3.8) is 0 Å². The number of ether oxygens (including phenoxy) is 3. The van der Waals surface area contributed by atoms with Gasteiger partial charge in [-0.05, 0) is 23.8 Å². The molecule has 4 heterocycles. The Hall–Kier alpha value is -3.20. The van der Waals surface area contributed by atoms with Crippen molar-refractivity contribution in [1.29, 1.82) is 0 Å². The first-order valence-corrected chi connectivity index (χ1v) is 12.0. The Morgan fingerprint density at radius 2 is 1.68 bits per heavy atom. The third kappa shape index (κ3) is 4.32. The summed E-state index contributed by atoms with van der Waals surface area (Å²) in [6.45, 7) is 7.85. The van der Waals surface area contributed by atoms with Gasteiger partial charge in [0.05, 0.1) is 31.9 Å². The number of H-pyrrole nitrogens is 1. The van der Waals surface area contributed by atoms with E-state index in [2.05, 4.69) is 57.4 Å². The number of aromatic nitrogens is 3. The Labute approximate surface area is 198 Å². The van der Waals surface area contributed by atoms with Crippen molar-refractivity contribution in [2.24, 2.45) is 0 Å². The van der Waals surface area contributed by atoms with Gasteiger partial charge in [-0.15, -0.1) is 0 Å². The minimum atomic E-state index is 0.432. The number of anilines is 1. The maximum atomic E-state index is 6.04. The van der Waals surface area contributed by atoms with Gasteiger partial charge in [0.1, 0.15) is 12.4 Å². The van der Waals surface area contributed by atoms with Crippen molar-refractivity contribution < 1.29 is 14.2 Å². The first kappa shape index (κ1) is 21.3. The number of rotatable bonds is 6. The molecule has 8 nitrogen and oxygen atoms in total. The molecule has 6 rings (SSSR count). The lowest BCUT2D eigenvalue weighted by molar-refractivity contribution is 0.0317. The zero-order valence-electron chi connectivity index (χ0n) is 19.2. The van der Waals surface area contributed by atoms with E-state index in [0.717, 1.165) is 73.7 Å². The smallest absolute Gasteiger partial charge is 0.318 e. The van der Waals surface area contributed by atoms with Gasteiger partial charge in [0, 0.05) is 60.8 Å². The average Bonchev–Trinajstić information content (AvgIpc) is 3.33. The topological polar surface area (TPSA) is 75.7 Å². The molecule has 0 unspecified atom stereocenters. The van der Waals surface area contributed by atoms with Crippen LogP contribution in [0.4, 0.5) is 5.82 Å². The average molecular weight is 460 g/mol. The van der Waals surface area contributed by atoms with Crippen molar-refractivity contribution >= 4 is 27.6 Å². The lowest BCUT2D eigenvalue weighted by Crippen LogP contribution is -2.39. The first-order valence-electron chi connectivity index (χ1n) is 12.0. The van der Waals surface area contributed by atoms with Crippen LogP contribution in [0.3, 0.4) is 0 Å². The number of morpholine rings is 2. The van der Waals surface area contributed by atoms with Gasteiger partial charge in [0.15, 0.2) is 0 Å². The molecular formula is C26H29N5O3. The van der Waals surface area contributed by atoms with Gasteiger partial charge in [-0.2, -0.15) is 9.97 Å². The number of nitrogens with zero attached hydrogens (tertiary/aromatic N) is 4. The summed E-state index contributed by atoms with van der Waals surface area (Å²) >= 11 is 0. The van der Waals surface area contributed by atoms with Crippen LogP contribution in [0.1, 0.15) is 0 Å². The van der Waals surface area contributed by atoms with E-state index in [4.69, 9.17) is 24.2 Å². The van der Waals surface area contributed by atoms with Crippen LogP contribution in [0.15, 0.2) is 48.7 Å². The summed E-state index contributed by atoms with van der Waals surface area (Å²) in [5.74, 6) is 0.913. The molecule has 0 bridgehead atoms. The third-order valence-electron chi connectivity index (χ3n) is 6.61. The second-order valence-electron chi connectivity index (χ2n) is 8.71. The molecule has 4 aromatic rings. The Bertz CT molecular complexity index is 1280. The van der Waals surface area contributed by atoms with Crippen molar-refractivity contribution in [1.82, 2.24) is 19.9 Å². The lowest BCUT2D eigenvalue weighted by Gasteiger charge is -2.29. The minimum Gasteiger partial charge on any atom is -0.462 e.